The summed E-state index contributed by atoms with van der Waals surface area (Å²) in [6, 6.07) is 3.33. The summed E-state index contributed by atoms with van der Waals surface area (Å²) in [5, 5.41) is 16.4. The van der Waals surface area contributed by atoms with Gasteiger partial charge in [-0.05, 0) is 99.6 Å². The van der Waals surface area contributed by atoms with E-state index in [4.69, 9.17) is 10.9 Å². The standard InChI is InChI=1S/C13H20N4O4S.C11H21N.C8H10N2O2.C2H4.CH4S/c1-16-12(20)9(19)5-4-8(6-18)17-13(21)11(22-15)10(14)7-2-3-7;1-8-6-9-4-3-5-10(7-9)11(8)12-2;1-9-7-3-2-4-10(5-6-11)8(7)12;2*1-2/h6-8H,2-5,14-15H2,1H3,(H,16,20)(H,17,21);8-12H,3-7H2,1-2H3;2-4,6,9H,5H2,1H3;1-2H2;2H,1H3/b11-10-;;;;. The number of nitrogens with two attached hydrogens (primary N) is 2. The minimum atomic E-state index is -0.879. The zero-order valence-electron chi connectivity index (χ0n) is 30.2. The zero-order valence-corrected chi connectivity index (χ0v) is 32.0. The van der Waals surface area contributed by atoms with Gasteiger partial charge in [0, 0.05) is 38.5 Å². The van der Waals surface area contributed by atoms with Gasteiger partial charge in [0.2, 0.25) is 5.78 Å². The summed E-state index contributed by atoms with van der Waals surface area (Å²) in [5.41, 5.74) is 6.61. The third kappa shape index (κ3) is 15.7. The van der Waals surface area contributed by atoms with Gasteiger partial charge in [-0.2, -0.15) is 12.6 Å². The quantitative estimate of drug-likeness (QED) is 0.0391. The maximum atomic E-state index is 12.1. The minimum absolute atomic E-state index is 0.0351. The maximum absolute atomic E-state index is 12.1. The Morgan fingerprint density at radius 3 is 2.26 bits per heavy atom. The number of nitrogens with one attached hydrogen (secondary N) is 4. The molecule has 0 saturated heterocycles. The molecule has 282 valence electrons. The molecule has 2 bridgehead atoms. The van der Waals surface area contributed by atoms with Crippen LogP contribution in [-0.2, 0) is 30.5 Å². The van der Waals surface area contributed by atoms with Crippen molar-refractivity contribution in [2.24, 2.45) is 34.5 Å². The van der Waals surface area contributed by atoms with E-state index in [2.05, 4.69) is 61.0 Å². The van der Waals surface area contributed by atoms with Crippen LogP contribution < -0.4 is 37.7 Å². The molecule has 5 unspecified atom stereocenters. The molecular formula is C35H59N7O6S2. The molecular weight excluding hydrogens is 679 g/mol. The Balaban J connectivity index is 0.000000728. The van der Waals surface area contributed by atoms with Crippen molar-refractivity contribution in [3.8, 4) is 0 Å². The number of thiol groups is 1. The molecule has 3 fully saturated rings. The first-order valence-electron chi connectivity index (χ1n) is 16.8. The van der Waals surface area contributed by atoms with E-state index >= 15 is 0 Å². The van der Waals surface area contributed by atoms with Crippen LogP contribution in [0.4, 0.5) is 5.69 Å². The molecule has 4 rings (SSSR count). The Hall–Kier alpha value is -3.40. The van der Waals surface area contributed by atoms with E-state index in [1.54, 1.807) is 31.6 Å². The first-order valence-corrected chi connectivity index (χ1v) is 18.6. The van der Waals surface area contributed by atoms with Crippen LogP contribution in [0.15, 0.2) is 46.9 Å². The van der Waals surface area contributed by atoms with Gasteiger partial charge < -0.3 is 41.2 Å². The highest BCUT2D eigenvalue weighted by molar-refractivity contribution is 8.01. The SMILES string of the molecule is C=C.CNC(=O)C(=O)CCC(C=O)NC(=O)/C(SN)=C(/N)C1CC1.CNC1C(C)CC2CCCC1C2.CNc1cccn(CC=O)c1=O.CS. The highest BCUT2D eigenvalue weighted by Crippen LogP contribution is 2.42. The van der Waals surface area contributed by atoms with Crippen molar-refractivity contribution in [1.29, 1.82) is 0 Å². The van der Waals surface area contributed by atoms with Crippen LogP contribution in [-0.4, -0.2) is 74.2 Å². The third-order valence-electron chi connectivity index (χ3n) is 8.79. The summed E-state index contributed by atoms with van der Waals surface area (Å²) in [6.07, 6.45) is 13.7. The summed E-state index contributed by atoms with van der Waals surface area (Å²) in [5.74, 6) is 1.24. The lowest BCUT2D eigenvalue weighted by molar-refractivity contribution is -0.137. The summed E-state index contributed by atoms with van der Waals surface area (Å²) in [4.78, 5) is 67.2. The second kappa shape index (κ2) is 26.4. The maximum Gasteiger partial charge on any atom is 0.287 e. The van der Waals surface area contributed by atoms with Crippen molar-refractivity contribution < 1.29 is 24.0 Å². The molecule has 0 aliphatic heterocycles. The number of aromatic nitrogens is 1. The topological polar surface area (TPSA) is 208 Å². The van der Waals surface area contributed by atoms with Crippen molar-refractivity contribution in [1.82, 2.24) is 20.5 Å². The van der Waals surface area contributed by atoms with Crippen molar-refractivity contribution in [3.05, 3.63) is 52.4 Å². The van der Waals surface area contributed by atoms with E-state index in [1.807, 2.05) is 0 Å². The van der Waals surface area contributed by atoms with Gasteiger partial charge in [-0.3, -0.25) is 24.3 Å². The van der Waals surface area contributed by atoms with E-state index in [1.165, 1.54) is 43.7 Å². The number of ketones is 1. The van der Waals surface area contributed by atoms with E-state index in [-0.39, 0.29) is 35.8 Å². The number of hydrogen-bond donors (Lipinski definition) is 7. The summed E-state index contributed by atoms with van der Waals surface area (Å²) >= 11 is 4.26. The number of carbonyl (C=O) groups excluding carboxylic acids is 5. The lowest BCUT2D eigenvalue weighted by Gasteiger charge is -2.44. The molecule has 2 amide bonds. The Bertz CT molecular complexity index is 1300. The predicted octanol–water partition coefficient (Wildman–Crippen LogP) is 2.81. The molecule has 5 atom stereocenters. The van der Waals surface area contributed by atoms with E-state index in [0.717, 1.165) is 48.6 Å². The number of allylic oxidation sites excluding steroid dienone is 1. The molecule has 3 saturated carbocycles. The second-order valence-electron chi connectivity index (χ2n) is 12.0. The van der Waals surface area contributed by atoms with Crippen LogP contribution in [0.2, 0.25) is 0 Å². The Kier molecular flexibility index (Phi) is 24.6. The molecule has 0 radical (unpaired) electrons. The molecule has 1 aromatic heterocycles. The molecule has 50 heavy (non-hydrogen) atoms. The highest BCUT2D eigenvalue weighted by Gasteiger charge is 2.36. The molecule has 1 heterocycles. The van der Waals surface area contributed by atoms with Crippen LogP contribution in [0.5, 0.6) is 0 Å². The third-order valence-corrected chi connectivity index (χ3v) is 9.45. The minimum Gasteiger partial charge on any atom is -0.401 e. The number of carbonyl (C=O) groups is 5. The number of fused-ring (bicyclic) bond motifs is 2. The van der Waals surface area contributed by atoms with Gasteiger partial charge in [-0.25, -0.2) is 0 Å². The second-order valence-corrected chi connectivity index (χ2v) is 12.7. The van der Waals surface area contributed by atoms with Crippen molar-refractivity contribution >= 4 is 60.4 Å². The molecule has 0 aromatic carbocycles. The van der Waals surface area contributed by atoms with Gasteiger partial charge in [-0.1, -0.05) is 19.8 Å². The number of nitrogens with zero attached hydrogens (tertiary/aromatic N) is 1. The number of hydrogen-bond acceptors (Lipinski definition) is 12. The van der Waals surface area contributed by atoms with Crippen LogP contribution in [0.3, 0.4) is 0 Å². The highest BCUT2D eigenvalue weighted by atomic mass is 32.2. The summed E-state index contributed by atoms with van der Waals surface area (Å²) < 4.78 is 1.35. The number of aldehydes is 2. The summed E-state index contributed by atoms with van der Waals surface area (Å²) in [7, 11) is 5.15. The summed E-state index contributed by atoms with van der Waals surface area (Å²) in [6.45, 7) is 8.53. The first kappa shape index (κ1) is 46.6. The zero-order chi connectivity index (χ0) is 38.2. The normalized spacial score (nSPS) is 21.0. The molecule has 0 spiro atoms. The van der Waals surface area contributed by atoms with Gasteiger partial charge >= 0.3 is 0 Å². The van der Waals surface area contributed by atoms with Gasteiger partial charge in [0.15, 0.2) is 0 Å². The molecule has 8 N–H and O–H groups in total. The van der Waals surface area contributed by atoms with E-state index in [0.29, 0.717) is 24.0 Å². The Morgan fingerprint density at radius 1 is 1.08 bits per heavy atom. The number of Topliss-reactive ketones (excluding diaryl/α,β-unsaturated/α-hetero) is 1. The van der Waals surface area contributed by atoms with Gasteiger partial charge in [0.1, 0.15) is 23.2 Å². The molecule has 15 heteroatoms. The first-order chi connectivity index (χ1) is 24.0. The van der Waals surface area contributed by atoms with Crippen LogP contribution >= 0.6 is 24.6 Å². The Morgan fingerprint density at radius 2 is 1.74 bits per heavy atom. The fraction of sp³-hybridized carbons (Fsp3) is 0.600. The van der Waals surface area contributed by atoms with Crippen molar-refractivity contribution in [2.45, 2.75) is 83.3 Å². The Labute approximate surface area is 307 Å². The molecule has 1 aromatic rings. The fourth-order valence-corrected chi connectivity index (χ4v) is 6.73. The molecule has 3 aliphatic rings. The monoisotopic (exact) mass is 737 g/mol. The van der Waals surface area contributed by atoms with Crippen LogP contribution in [0.1, 0.15) is 64.7 Å². The molecule has 13 nitrogen and oxygen atoms in total. The average Bonchev–Trinajstić information content (AvgIpc) is 3.99. The predicted molar refractivity (Wildman–Crippen MR) is 207 cm³/mol. The number of amides is 2. The number of pyridine rings is 1. The number of rotatable bonds is 13. The average molecular weight is 738 g/mol. The molecule has 3 aliphatic carbocycles. The van der Waals surface area contributed by atoms with Crippen molar-refractivity contribution in [3.63, 3.8) is 0 Å². The van der Waals surface area contributed by atoms with Gasteiger partial charge in [0.05, 0.1) is 12.6 Å². The van der Waals surface area contributed by atoms with Crippen LogP contribution in [0, 0.1) is 23.7 Å². The van der Waals surface area contributed by atoms with Gasteiger partial charge in [-0.15, -0.1) is 13.2 Å². The number of anilines is 1. The fourth-order valence-electron chi connectivity index (χ4n) is 6.26. The lowest BCUT2D eigenvalue weighted by atomic mass is 9.66. The lowest BCUT2D eigenvalue weighted by Crippen LogP contribution is -2.45. The van der Waals surface area contributed by atoms with Crippen molar-refractivity contribution in [2.75, 3.05) is 32.7 Å². The van der Waals surface area contributed by atoms with E-state index < -0.39 is 23.6 Å². The largest absolute Gasteiger partial charge is 0.401 e. The number of likely N-dealkylation sites (N-methyl/N-ethyl adjacent to an activating group) is 1. The van der Waals surface area contributed by atoms with Gasteiger partial charge in [0.25, 0.3) is 17.4 Å². The van der Waals surface area contributed by atoms with E-state index in [9.17, 15) is 28.8 Å². The smallest absolute Gasteiger partial charge is 0.287 e. The van der Waals surface area contributed by atoms with Crippen LogP contribution in [0.25, 0.3) is 0 Å².